The number of carbonyl (C=O) groups is 2. The summed E-state index contributed by atoms with van der Waals surface area (Å²) in [6, 6.07) is 6.91. The van der Waals surface area contributed by atoms with Crippen LogP contribution in [0.4, 0.5) is 0 Å². The SMILES string of the molecule is O=C1OC[C@@](O)(C(=O)c2ccc(O)c(O)c2)/C1=C\c1ccc(O)c(O)c1. The first-order valence-corrected chi connectivity index (χ1v) is 7.43. The van der Waals surface area contributed by atoms with Gasteiger partial charge in [0.1, 0.15) is 6.61 Å². The van der Waals surface area contributed by atoms with E-state index in [1.165, 1.54) is 18.2 Å². The zero-order valence-corrected chi connectivity index (χ0v) is 13.2. The fourth-order valence-corrected chi connectivity index (χ4v) is 2.56. The summed E-state index contributed by atoms with van der Waals surface area (Å²) in [6.45, 7) is -0.623. The molecule has 0 unspecified atom stereocenters. The molecule has 8 heteroatoms. The minimum Gasteiger partial charge on any atom is -0.504 e. The number of cyclic esters (lactones) is 1. The second-order valence-corrected chi connectivity index (χ2v) is 5.78. The Bertz CT molecular complexity index is 946. The summed E-state index contributed by atoms with van der Waals surface area (Å²) in [4.78, 5) is 24.7. The first kappa shape index (κ1) is 17.3. The Labute approximate surface area is 146 Å². The van der Waals surface area contributed by atoms with E-state index in [1.807, 2.05) is 0 Å². The predicted octanol–water partition coefficient (Wildman–Crippen LogP) is 1.06. The van der Waals surface area contributed by atoms with Gasteiger partial charge in [-0.2, -0.15) is 0 Å². The second-order valence-electron chi connectivity index (χ2n) is 5.78. The summed E-state index contributed by atoms with van der Waals surface area (Å²) in [5.41, 5.74) is -2.57. The topological polar surface area (TPSA) is 145 Å². The molecule has 1 saturated heterocycles. The highest BCUT2D eigenvalue weighted by Gasteiger charge is 2.50. The van der Waals surface area contributed by atoms with Crippen LogP contribution < -0.4 is 0 Å². The van der Waals surface area contributed by atoms with Crippen LogP contribution in [0, 0.1) is 0 Å². The van der Waals surface area contributed by atoms with Crippen LogP contribution >= 0.6 is 0 Å². The molecule has 2 aromatic rings. The van der Waals surface area contributed by atoms with Crippen LogP contribution in [-0.4, -0.2) is 49.5 Å². The van der Waals surface area contributed by atoms with E-state index in [0.717, 1.165) is 24.3 Å². The molecule has 0 aromatic heterocycles. The molecule has 1 aliphatic heterocycles. The monoisotopic (exact) mass is 358 g/mol. The maximum absolute atomic E-state index is 12.7. The van der Waals surface area contributed by atoms with Crippen LogP contribution in [0.1, 0.15) is 15.9 Å². The molecular weight excluding hydrogens is 344 g/mol. The van der Waals surface area contributed by atoms with Crippen molar-refractivity contribution in [2.75, 3.05) is 6.61 Å². The molecule has 0 aliphatic carbocycles. The van der Waals surface area contributed by atoms with Gasteiger partial charge in [-0.15, -0.1) is 0 Å². The minimum atomic E-state index is -2.31. The van der Waals surface area contributed by atoms with Crippen molar-refractivity contribution in [3.63, 3.8) is 0 Å². The number of aliphatic hydroxyl groups is 1. The Morgan fingerprint density at radius 3 is 2.19 bits per heavy atom. The highest BCUT2D eigenvalue weighted by molar-refractivity contribution is 6.14. The van der Waals surface area contributed by atoms with Crippen molar-refractivity contribution >= 4 is 17.8 Å². The number of ether oxygens (including phenoxy) is 1. The molecule has 1 heterocycles. The van der Waals surface area contributed by atoms with E-state index in [0.29, 0.717) is 0 Å². The number of carbonyl (C=O) groups excluding carboxylic acids is 2. The molecule has 1 atom stereocenters. The number of hydrogen-bond acceptors (Lipinski definition) is 8. The first-order chi connectivity index (χ1) is 12.2. The average molecular weight is 358 g/mol. The van der Waals surface area contributed by atoms with Gasteiger partial charge in [0.2, 0.25) is 5.78 Å². The molecule has 0 saturated carbocycles. The van der Waals surface area contributed by atoms with Gasteiger partial charge < -0.3 is 30.3 Å². The number of phenols is 4. The third kappa shape index (κ3) is 2.82. The zero-order chi connectivity index (χ0) is 19.1. The van der Waals surface area contributed by atoms with Gasteiger partial charge in [0.05, 0.1) is 5.57 Å². The summed E-state index contributed by atoms with van der Waals surface area (Å²) < 4.78 is 4.80. The molecule has 3 rings (SSSR count). The second kappa shape index (κ2) is 6.08. The quantitative estimate of drug-likeness (QED) is 0.237. The van der Waals surface area contributed by atoms with Gasteiger partial charge in [0.25, 0.3) is 0 Å². The van der Waals surface area contributed by atoms with Gasteiger partial charge in [-0.3, -0.25) is 4.79 Å². The zero-order valence-electron chi connectivity index (χ0n) is 13.2. The van der Waals surface area contributed by atoms with Crippen molar-refractivity contribution in [3.05, 3.63) is 53.1 Å². The molecule has 26 heavy (non-hydrogen) atoms. The molecular formula is C18H14O8. The third-order valence-electron chi connectivity index (χ3n) is 4.00. The van der Waals surface area contributed by atoms with Gasteiger partial charge in [-0.1, -0.05) is 6.07 Å². The Morgan fingerprint density at radius 2 is 1.58 bits per heavy atom. The maximum atomic E-state index is 12.7. The Morgan fingerprint density at radius 1 is 0.962 bits per heavy atom. The van der Waals surface area contributed by atoms with Crippen LogP contribution in [0.3, 0.4) is 0 Å². The van der Waals surface area contributed by atoms with E-state index in [2.05, 4.69) is 0 Å². The van der Waals surface area contributed by atoms with Gasteiger partial charge >= 0.3 is 5.97 Å². The average Bonchev–Trinajstić information content (AvgIpc) is 2.89. The lowest BCUT2D eigenvalue weighted by Crippen LogP contribution is -2.41. The van der Waals surface area contributed by atoms with Crippen molar-refractivity contribution in [1.82, 2.24) is 0 Å². The molecule has 0 amide bonds. The van der Waals surface area contributed by atoms with Gasteiger partial charge in [0, 0.05) is 5.56 Å². The van der Waals surface area contributed by atoms with E-state index in [9.17, 15) is 35.1 Å². The molecule has 8 nitrogen and oxygen atoms in total. The number of aromatic hydroxyl groups is 4. The highest BCUT2D eigenvalue weighted by Crippen LogP contribution is 2.35. The summed E-state index contributed by atoms with van der Waals surface area (Å²) in [5, 5.41) is 48.5. The highest BCUT2D eigenvalue weighted by atomic mass is 16.6. The summed E-state index contributed by atoms with van der Waals surface area (Å²) in [5.74, 6) is -3.64. The maximum Gasteiger partial charge on any atom is 0.337 e. The predicted molar refractivity (Wildman–Crippen MR) is 87.8 cm³/mol. The molecule has 5 N–H and O–H groups in total. The number of rotatable bonds is 3. The minimum absolute atomic E-state index is 0.138. The van der Waals surface area contributed by atoms with Gasteiger partial charge in [0.15, 0.2) is 28.6 Å². The number of esters is 1. The van der Waals surface area contributed by atoms with E-state index in [-0.39, 0.29) is 22.4 Å². The molecule has 1 aliphatic rings. The van der Waals surface area contributed by atoms with Crippen molar-refractivity contribution in [3.8, 4) is 23.0 Å². The molecule has 0 bridgehead atoms. The number of phenolic OH excluding ortho intramolecular Hbond substituents is 4. The number of benzene rings is 2. The fraction of sp³-hybridized carbons (Fsp3) is 0.111. The van der Waals surface area contributed by atoms with Crippen molar-refractivity contribution in [1.29, 1.82) is 0 Å². The summed E-state index contributed by atoms with van der Waals surface area (Å²) in [6.07, 6.45) is 1.16. The van der Waals surface area contributed by atoms with Crippen LogP contribution in [-0.2, 0) is 9.53 Å². The molecule has 134 valence electrons. The van der Waals surface area contributed by atoms with Gasteiger partial charge in [-0.25, -0.2) is 4.79 Å². The van der Waals surface area contributed by atoms with E-state index >= 15 is 0 Å². The number of ketones is 1. The lowest BCUT2D eigenvalue weighted by molar-refractivity contribution is -0.135. The van der Waals surface area contributed by atoms with Crippen LogP contribution in [0.15, 0.2) is 42.0 Å². The van der Waals surface area contributed by atoms with Crippen LogP contribution in [0.2, 0.25) is 0 Å². The lowest BCUT2D eigenvalue weighted by Gasteiger charge is -2.19. The third-order valence-corrected chi connectivity index (χ3v) is 4.00. The Hall–Kier alpha value is -3.52. The van der Waals surface area contributed by atoms with E-state index < -0.39 is 41.2 Å². The van der Waals surface area contributed by atoms with Crippen molar-refractivity contribution in [2.45, 2.75) is 5.60 Å². The normalized spacial score (nSPS) is 21.0. The Balaban J connectivity index is 2.04. The van der Waals surface area contributed by atoms with E-state index in [1.54, 1.807) is 0 Å². The molecule has 2 aromatic carbocycles. The smallest absolute Gasteiger partial charge is 0.337 e. The van der Waals surface area contributed by atoms with Gasteiger partial charge in [-0.05, 0) is 42.0 Å². The largest absolute Gasteiger partial charge is 0.504 e. The van der Waals surface area contributed by atoms with Crippen molar-refractivity contribution < 1.29 is 39.9 Å². The first-order valence-electron chi connectivity index (χ1n) is 7.43. The standard InChI is InChI=1S/C18H14O8/c19-12-3-1-9(6-14(12)21)5-11-17(24)26-8-18(11,25)16(23)10-2-4-13(20)15(22)7-10/h1-7,19-22,25H,8H2/b11-5-/t18-/m0/s1. The molecule has 1 fully saturated rings. The summed E-state index contributed by atoms with van der Waals surface area (Å²) >= 11 is 0. The van der Waals surface area contributed by atoms with Crippen molar-refractivity contribution in [2.24, 2.45) is 0 Å². The molecule has 0 spiro atoms. The molecule has 0 radical (unpaired) electrons. The lowest BCUT2D eigenvalue weighted by atomic mass is 9.86. The van der Waals surface area contributed by atoms with Crippen LogP contribution in [0.25, 0.3) is 6.08 Å². The number of Topliss-reactive ketones (excluding diaryl/α,β-unsaturated/α-hetero) is 1. The Kier molecular flexibility index (Phi) is 4.05. The number of hydrogen-bond donors (Lipinski definition) is 5. The van der Waals surface area contributed by atoms with E-state index in [4.69, 9.17) is 4.74 Å². The summed E-state index contributed by atoms with van der Waals surface area (Å²) in [7, 11) is 0. The van der Waals surface area contributed by atoms with Crippen LogP contribution in [0.5, 0.6) is 23.0 Å². The fourth-order valence-electron chi connectivity index (χ4n) is 2.56.